The van der Waals surface area contributed by atoms with Crippen LogP contribution < -0.4 is 0 Å². The summed E-state index contributed by atoms with van der Waals surface area (Å²) in [4.78, 5) is 14.0. The van der Waals surface area contributed by atoms with Gasteiger partial charge < -0.3 is 10.0 Å². The summed E-state index contributed by atoms with van der Waals surface area (Å²) < 4.78 is 0. The van der Waals surface area contributed by atoms with Crippen LogP contribution in [0, 0.1) is 0 Å². The Morgan fingerprint density at radius 1 is 1.33 bits per heavy atom. The molecule has 2 rings (SSSR count). The number of nitrogens with zero attached hydrogens (tertiary/aromatic N) is 1. The van der Waals surface area contributed by atoms with Crippen molar-refractivity contribution in [3.05, 3.63) is 35.9 Å². The summed E-state index contributed by atoms with van der Waals surface area (Å²) in [6, 6.07) is 10.4. The molecule has 1 N–H and O–H groups in total. The molecule has 0 aliphatic carbocycles. The third kappa shape index (κ3) is 4.85. The minimum Gasteiger partial charge on any atom is -0.393 e. The number of piperidine rings is 1. The molecule has 0 saturated carbocycles. The van der Waals surface area contributed by atoms with E-state index in [2.05, 4.69) is 19.1 Å². The van der Waals surface area contributed by atoms with Crippen molar-refractivity contribution >= 4 is 5.91 Å². The van der Waals surface area contributed by atoms with Gasteiger partial charge in [-0.1, -0.05) is 37.3 Å². The summed E-state index contributed by atoms with van der Waals surface area (Å²) in [5, 5.41) is 10.2. The van der Waals surface area contributed by atoms with Crippen LogP contribution in [-0.4, -0.2) is 34.6 Å². The standard InChI is InChI=1S/C18H27NO2/c1-2-13-19-16(9-6-10-18(19)21)11-12-17(20)14-15-7-4-3-5-8-15/h3-5,7-8,16-17,20H,2,6,9-14H2,1H3. The van der Waals surface area contributed by atoms with Gasteiger partial charge in [0.05, 0.1) is 6.10 Å². The molecule has 0 aromatic heterocycles. The average molecular weight is 289 g/mol. The number of aliphatic hydroxyl groups excluding tert-OH is 1. The number of hydrogen-bond donors (Lipinski definition) is 1. The van der Waals surface area contributed by atoms with Crippen LogP contribution in [-0.2, 0) is 11.2 Å². The molecule has 0 radical (unpaired) electrons. The monoisotopic (exact) mass is 289 g/mol. The Kier molecular flexibility index (Phi) is 6.24. The molecule has 21 heavy (non-hydrogen) atoms. The summed E-state index contributed by atoms with van der Waals surface area (Å²) in [6.07, 6.45) is 5.87. The molecule has 2 atom stereocenters. The highest BCUT2D eigenvalue weighted by molar-refractivity contribution is 5.77. The highest BCUT2D eigenvalue weighted by Gasteiger charge is 2.27. The Morgan fingerprint density at radius 3 is 2.81 bits per heavy atom. The molecule has 1 aromatic rings. The van der Waals surface area contributed by atoms with E-state index in [1.165, 1.54) is 5.56 Å². The van der Waals surface area contributed by atoms with Crippen molar-refractivity contribution in [3.63, 3.8) is 0 Å². The van der Waals surface area contributed by atoms with Crippen molar-refractivity contribution in [2.75, 3.05) is 6.54 Å². The fourth-order valence-electron chi connectivity index (χ4n) is 3.21. The molecule has 1 aliphatic rings. The predicted molar refractivity (Wildman–Crippen MR) is 85.0 cm³/mol. The number of amides is 1. The van der Waals surface area contributed by atoms with E-state index in [0.29, 0.717) is 24.8 Å². The summed E-state index contributed by atoms with van der Waals surface area (Å²) in [5.41, 5.74) is 1.18. The molecular weight excluding hydrogens is 262 g/mol. The van der Waals surface area contributed by atoms with Crippen molar-refractivity contribution in [3.8, 4) is 0 Å². The van der Waals surface area contributed by atoms with E-state index in [1.807, 2.05) is 23.1 Å². The van der Waals surface area contributed by atoms with Crippen LogP contribution in [0.4, 0.5) is 0 Å². The van der Waals surface area contributed by atoms with Gasteiger partial charge in [-0.05, 0) is 44.1 Å². The highest BCUT2D eigenvalue weighted by Crippen LogP contribution is 2.23. The summed E-state index contributed by atoms with van der Waals surface area (Å²) >= 11 is 0. The molecule has 1 heterocycles. The molecule has 0 spiro atoms. The quantitative estimate of drug-likeness (QED) is 0.837. The van der Waals surface area contributed by atoms with Crippen LogP contribution in [0.1, 0.15) is 51.0 Å². The first-order chi connectivity index (χ1) is 10.2. The van der Waals surface area contributed by atoms with Crippen molar-refractivity contribution in [2.45, 2.75) is 64.0 Å². The van der Waals surface area contributed by atoms with Crippen LogP contribution >= 0.6 is 0 Å². The molecule has 116 valence electrons. The number of benzene rings is 1. The fourth-order valence-corrected chi connectivity index (χ4v) is 3.21. The second-order valence-electron chi connectivity index (χ2n) is 6.05. The zero-order valence-corrected chi connectivity index (χ0v) is 13.0. The molecule has 1 saturated heterocycles. The zero-order valence-electron chi connectivity index (χ0n) is 13.0. The predicted octanol–water partition coefficient (Wildman–Crippen LogP) is 3.16. The van der Waals surface area contributed by atoms with Gasteiger partial charge in [0.25, 0.3) is 0 Å². The number of carbonyl (C=O) groups excluding carboxylic acids is 1. The lowest BCUT2D eigenvalue weighted by molar-refractivity contribution is -0.136. The molecule has 1 amide bonds. The lowest BCUT2D eigenvalue weighted by atomic mass is 9.94. The highest BCUT2D eigenvalue weighted by atomic mass is 16.3. The van der Waals surface area contributed by atoms with Crippen molar-refractivity contribution in [1.82, 2.24) is 4.90 Å². The first-order valence-electron chi connectivity index (χ1n) is 8.22. The smallest absolute Gasteiger partial charge is 0.222 e. The topological polar surface area (TPSA) is 40.5 Å². The second-order valence-corrected chi connectivity index (χ2v) is 6.05. The summed E-state index contributed by atoms with van der Waals surface area (Å²) in [5.74, 6) is 0.297. The number of aliphatic hydroxyl groups is 1. The normalized spacial score (nSPS) is 20.6. The van der Waals surface area contributed by atoms with E-state index in [1.54, 1.807) is 0 Å². The molecule has 0 bridgehead atoms. The van der Waals surface area contributed by atoms with Crippen molar-refractivity contribution in [1.29, 1.82) is 0 Å². The largest absolute Gasteiger partial charge is 0.393 e. The molecule has 3 nitrogen and oxygen atoms in total. The number of hydrogen-bond acceptors (Lipinski definition) is 2. The maximum atomic E-state index is 12.0. The first kappa shape index (κ1) is 16.0. The van der Waals surface area contributed by atoms with Gasteiger partial charge in [0.2, 0.25) is 5.91 Å². The Balaban J connectivity index is 1.81. The molecule has 3 heteroatoms. The fraction of sp³-hybridized carbons (Fsp3) is 0.611. The lowest BCUT2D eigenvalue weighted by Crippen LogP contribution is -2.44. The summed E-state index contributed by atoms with van der Waals surface area (Å²) in [7, 11) is 0. The Hall–Kier alpha value is -1.35. The minimum absolute atomic E-state index is 0.297. The first-order valence-corrected chi connectivity index (χ1v) is 8.22. The van der Waals surface area contributed by atoms with Crippen LogP contribution in [0.25, 0.3) is 0 Å². The minimum atomic E-state index is -0.312. The van der Waals surface area contributed by atoms with Gasteiger partial charge in [-0.3, -0.25) is 4.79 Å². The average Bonchev–Trinajstić information content (AvgIpc) is 2.49. The van der Waals surface area contributed by atoms with Gasteiger partial charge in [0.15, 0.2) is 0 Å². The van der Waals surface area contributed by atoms with Gasteiger partial charge >= 0.3 is 0 Å². The Bertz CT molecular complexity index is 432. The molecular formula is C18H27NO2. The van der Waals surface area contributed by atoms with Crippen molar-refractivity contribution in [2.24, 2.45) is 0 Å². The van der Waals surface area contributed by atoms with E-state index in [4.69, 9.17) is 0 Å². The molecule has 1 fully saturated rings. The Morgan fingerprint density at radius 2 is 2.10 bits per heavy atom. The van der Waals surface area contributed by atoms with E-state index in [-0.39, 0.29) is 6.10 Å². The van der Waals surface area contributed by atoms with Crippen LogP contribution in [0.3, 0.4) is 0 Å². The molecule has 2 unspecified atom stereocenters. The third-order valence-electron chi connectivity index (χ3n) is 4.30. The Labute approximate surface area is 128 Å². The molecule has 1 aromatic carbocycles. The van der Waals surface area contributed by atoms with Crippen molar-refractivity contribution < 1.29 is 9.90 Å². The van der Waals surface area contributed by atoms with Gasteiger partial charge in [-0.25, -0.2) is 0 Å². The number of likely N-dealkylation sites (tertiary alicyclic amines) is 1. The third-order valence-corrected chi connectivity index (χ3v) is 4.30. The van der Waals surface area contributed by atoms with E-state index < -0.39 is 0 Å². The van der Waals surface area contributed by atoms with Gasteiger partial charge in [0, 0.05) is 19.0 Å². The number of rotatable bonds is 7. The van der Waals surface area contributed by atoms with Crippen LogP contribution in [0.15, 0.2) is 30.3 Å². The van der Waals surface area contributed by atoms with Gasteiger partial charge in [-0.2, -0.15) is 0 Å². The van der Waals surface area contributed by atoms with E-state index in [0.717, 1.165) is 38.6 Å². The molecule has 1 aliphatic heterocycles. The van der Waals surface area contributed by atoms with Crippen LogP contribution in [0.2, 0.25) is 0 Å². The second kappa shape index (κ2) is 8.18. The van der Waals surface area contributed by atoms with Crippen LogP contribution in [0.5, 0.6) is 0 Å². The van der Waals surface area contributed by atoms with E-state index >= 15 is 0 Å². The summed E-state index contributed by atoms with van der Waals surface area (Å²) in [6.45, 7) is 2.97. The van der Waals surface area contributed by atoms with Gasteiger partial charge in [-0.15, -0.1) is 0 Å². The zero-order chi connectivity index (χ0) is 15.1. The maximum absolute atomic E-state index is 12.0. The SMILES string of the molecule is CCCN1C(=O)CCCC1CCC(O)Cc1ccccc1. The number of carbonyl (C=O) groups is 1. The van der Waals surface area contributed by atoms with E-state index in [9.17, 15) is 9.90 Å². The lowest BCUT2D eigenvalue weighted by Gasteiger charge is -2.36. The maximum Gasteiger partial charge on any atom is 0.222 e. The van der Waals surface area contributed by atoms with Gasteiger partial charge in [0.1, 0.15) is 0 Å².